The second-order valence-electron chi connectivity index (χ2n) is 5.57. The van der Waals surface area contributed by atoms with Gasteiger partial charge in [-0.3, -0.25) is 19.9 Å². The molecule has 1 aliphatic rings. The Morgan fingerprint density at radius 2 is 2.18 bits per heavy atom. The third-order valence-electron chi connectivity index (χ3n) is 3.92. The zero-order chi connectivity index (χ0) is 16.4. The molecule has 1 saturated heterocycles. The number of nitro groups is 1. The van der Waals surface area contributed by atoms with Gasteiger partial charge in [0.1, 0.15) is 12.2 Å². The first-order chi connectivity index (χ1) is 10.3. The number of likely N-dealkylation sites (tertiary alicyclic amines) is 1. The van der Waals surface area contributed by atoms with Gasteiger partial charge < -0.3 is 10.0 Å². The molecule has 0 aliphatic carbocycles. The van der Waals surface area contributed by atoms with Crippen molar-refractivity contribution in [3.05, 3.63) is 33.6 Å². The fourth-order valence-electron chi connectivity index (χ4n) is 2.61. The van der Waals surface area contributed by atoms with Crippen molar-refractivity contribution in [2.75, 3.05) is 6.54 Å². The van der Waals surface area contributed by atoms with Crippen LogP contribution in [0.2, 0.25) is 0 Å². The van der Waals surface area contributed by atoms with Crippen LogP contribution in [0, 0.1) is 23.0 Å². The fraction of sp³-hybridized carbons (Fsp3) is 0.500. The summed E-state index contributed by atoms with van der Waals surface area (Å²) in [6, 6.07) is 0.247. The lowest BCUT2D eigenvalue weighted by Gasteiger charge is -2.36. The Balaban J connectivity index is 2.36. The molecule has 0 saturated carbocycles. The molecule has 1 aliphatic heterocycles. The number of hydrogen-bond acceptors (Lipinski definition) is 5. The predicted octanol–water partition coefficient (Wildman–Crippen LogP) is 1.62. The Labute approximate surface area is 126 Å². The average molecular weight is 307 g/mol. The van der Waals surface area contributed by atoms with Crippen molar-refractivity contribution in [1.82, 2.24) is 9.88 Å². The van der Waals surface area contributed by atoms with Crippen LogP contribution < -0.4 is 0 Å². The first kappa shape index (κ1) is 15.9. The van der Waals surface area contributed by atoms with Crippen LogP contribution in [0.15, 0.2) is 12.3 Å². The van der Waals surface area contributed by atoms with Crippen LogP contribution in [0.4, 0.5) is 5.69 Å². The van der Waals surface area contributed by atoms with Crippen molar-refractivity contribution in [1.29, 1.82) is 0 Å². The molecule has 1 fully saturated rings. The average Bonchev–Trinajstić information content (AvgIpc) is 2.46. The molecule has 2 heterocycles. The third-order valence-corrected chi connectivity index (χ3v) is 3.92. The molecule has 8 nitrogen and oxygen atoms in total. The molecular formula is C14H17N3O5. The zero-order valence-electron chi connectivity index (χ0n) is 12.4. The quantitative estimate of drug-likeness (QED) is 0.670. The molecule has 1 amide bonds. The summed E-state index contributed by atoms with van der Waals surface area (Å²) in [7, 11) is 0. The predicted molar refractivity (Wildman–Crippen MR) is 76.5 cm³/mol. The molecule has 2 rings (SSSR count). The van der Waals surface area contributed by atoms with E-state index in [2.05, 4.69) is 4.98 Å². The van der Waals surface area contributed by atoms with Crippen molar-refractivity contribution >= 4 is 17.6 Å². The number of carbonyl (C=O) groups is 2. The Kier molecular flexibility index (Phi) is 4.39. The van der Waals surface area contributed by atoms with Gasteiger partial charge in [0.15, 0.2) is 0 Å². The number of aromatic nitrogens is 1. The molecule has 2 atom stereocenters. The van der Waals surface area contributed by atoms with Crippen LogP contribution in [0.1, 0.15) is 35.8 Å². The van der Waals surface area contributed by atoms with E-state index < -0.39 is 22.8 Å². The van der Waals surface area contributed by atoms with E-state index in [9.17, 15) is 24.8 Å². The Morgan fingerprint density at radius 3 is 2.77 bits per heavy atom. The summed E-state index contributed by atoms with van der Waals surface area (Å²) in [6.45, 7) is 3.83. The topological polar surface area (TPSA) is 114 Å². The van der Waals surface area contributed by atoms with Crippen LogP contribution in [0.5, 0.6) is 0 Å². The van der Waals surface area contributed by atoms with Crippen molar-refractivity contribution in [2.45, 2.75) is 32.7 Å². The Bertz CT molecular complexity index is 631. The van der Waals surface area contributed by atoms with Crippen molar-refractivity contribution < 1.29 is 19.6 Å². The minimum Gasteiger partial charge on any atom is -0.480 e. The number of pyridine rings is 1. The van der Waals surface area contributed by atoms with Crippen molar-refractivity contribution in [3.63, 3.8) is 0 Å². The van der Waals surface area contributed by atoms with Gasteiger partial charge in [0.2, 0.25) is 0 Å². The van der Waals surface area contributed by atoms with Crippen LogP contribution in [-0.2, 0) is 4.79 Å². The number of amides is 1. The Morgan fingerprint density at radius 1 is 1.50 bits per heavy atom. The molecule has 8 heteroatoms. The number of carbonyl (C=O) groups excluding carboxylic acids is 1. The number of rotatable bonds is 3. The van der Waals surface area contributed by atoms with Crippen LogP contribution in [0.25, 0.3) is 0 Å². The third kappa shape index (κ3) is 3.05. The normalized spacial score (nSPS) is 21.5. The maximum atomic E-state index is 12.6. The van der Waals surface area contributed by atoms with Gasteiger partial charge in [-0.2, -0.15) is 0 Å². The number of hydrogen-bond donors (Lipinski definition) is 1. The van der Waals surface area contributed by atoms with Gasteiger partial charge in [-0.15, -0.1) is 0 Å². The number of aryl methyl sites for hydroxylation is 1. The van der Waals surface area contributed by atoms with Gasteiger partial charge in [-0.05, 0) is 25.7 Å². The monoisotopic (exact) mass is 307 g/mol. The number of carboxylic acid groups (broad SMARTS) is 1. The van der Waals surface area contributed by atoms with E-state index in [0.29, 0.717) is 25.1 Å². The highest BCUT2D eigenvalue weighted by Gasteiger charge is 2.36. The van der Waals surface area contributed by atoms with Gasteiger partial charge in [0.05, 0.1) is 16.2 Å². The molecule has 1 aromatic rings. The number of carboxylic acids is 1. The lowest BCUT2D eigenvalue weighted by atomic mass is 9.91. The summed E-state index contributed by atoms with van der Waals surface area (Å²) in [4.78, 5) is 39.3. The molecule has 0 bridgehead atoms. The van der Waals surface area contributed by atoms with Crippen LogP contribution in [-0.4, -0.2) is 44.4 Å². The van der Waals surface area contributed by atoms with Crippen LogP contribution in [0.3, 0.4) is 0 Å². The highest BCUT2D eigenvalue weighted by Crippen LogP contribution is 2.26. The van der Waals surface area contributed by atoms with Gasteiger partial charge in [0, 0.05) is 12.6 Å². The van der Waals surface area contributed by atoms with Crippen molar-refractivity contribution in [3.8, 4) is 0 Å². The van der Waals surface area contributed by atoms with E-state index in [0.717, 1.165) is 12.3 Å². The van der Waals surface area contributed by atoms with E-state index in [1.54, 1.807) is 6.92 Å². The highest BCUT2D eigenvalue weighted by atomic mass is 16.6. The molecule has 2 unspecified atom stereocenters. The van der Waals surface area contributed by atoms with Gasteiger partial charge in [0.25, 0.3) is 11.6 Å². The lowest BCUT2D eigenvalue weighted by Crippen LogP contribution is -2.50. The molecular weight excluding hydrogens is 290 g/mol. The number of piperidine rings is 1. The van der Waals surface area contributed by atoms with E-state index in [-0.39, 0.29) is 17.2 Å². The smallest absolute Gasteiger partial charge is 0.326 e. The molecule has 118 valence electrons. The summed E-state index contributed by atoms with van der Waals surface area (Å²) in [5, 5.41) is 20.1. The minimum atomic E-state index is -1.06. The number of aliphatic carboxylic acids is 1. The fourth-order valence-corrected chi connectivity index (χ4v) is 2.61. The number of nitrogens with zero attached hydrogens (tertiary/aromatic N) is 3. The van der Waals surface area contributed by atoms with Gasteiger partial charge in [-0.25, -0.2) is 4.79 Å². The molecule has 0 aromatic carbocycles. The SMILES string of the molecule is Cc1ncc([N+](=O)[O-])cc1C(=O)N1CCC(C)CC1C(=O)O. The minimum absolute atomic E-state index is 0.0787. The van der Waals surface area contributed by atoms with E-state index >= 15 is 0 Å². The molecule has 22 heavy (non-hydrogen) atoms. The van der Waals surface area contributed by atoms with Crippen LogP contribution >= 0.6 is 0 Å². The lowest BCUT2D eigenvalue weighted by molar-refractivity contribution is -0.385. The van der Waals surface area contributed by atoms with Crippen molar-refractivity contribution in [2.24, 2.45) is 5.92 Å². The summed E-state index contributed by atoms with van der Waals surface area (Å²) in [5.74, 6) is -1.36. The molecule has 0 spiro atoms. The van der Waals surface area contributed by atoms with E-state index in [4.69, 9.17) is 0 Å². The second kappa shape index (κ2) is 6.08. The standard InChI is InChI=1S/C14H17N3O5/c1-8-3-4-16(12(5-8)14(19)20)13(18)11-6-10(17(21)22)7-15-9(11)2/h6-8,12H,3-5H2,1-2H3,(H,19,20). The van der Waals surface area contributed by atoms with E-state index in [1.165, 1.54) is 4.90 Å². The zero-order valence-corrected chi connectivity index (χ0v) is 12.4. The summed E-state index contributed by atoms with van der Waals surface area (Å²) in [5.41, 5.74) is 0.138. The maximum absolute atomic E-state index is 12.6. The first-order valence-corrected chi connectivity index (χ1v) is 6.96. The second-order valence-corrected chi connectivity index (χ2v) is 5.57. The highest BCUT2D eigenvalue weighted by molar-refractivity contribution is 5.98. The maximum Gasteiger partial charge on any atom is 0.326 e. The summed E-state index contributed by atoms with van der Waals surface area (Å²) >= 11 is 0. The molecule has 1 aromatic heterocycles. The molecule has 1 N–H and O–H groups in total. The largest absolute Gasteiger partial charge is 0.480 e. The van der Waals surface area contributed by atoms with E-state index in [1.807, 2.05) is 6.92 Å². The summed E-state index contributed by atoms with van der Waals surface area (Å²) < 4.78 is 0. The first-order valence-electron chi connectivity index (χ1n) is 6.96. The molecule has 0 radical (unpaired) electrons. The van der Waals surface area contributed by atoms with Gasteiger partial charge in [-0.1, -0.05) is 6.92 Å². The summed E-state index contributed by atoms with van der Waals surface area (Å²) in [6.07, 6.45) is 2.17. The Hall–Kier alpha value is -2.51. The van der Waals surface area contributed by atoms with Gasteiger partial charge >= 0.3 is 5.97 Å².